The molecule has 0 heterocycles. The van der Waals surface area contributed by atoms with Gasteiger partial charge in [-0.3, -0.25) is 0 Å². The molecule has 98 valence electrons. The maximum atomic E-state index is 12.5. The van der Waals surface area contributed by atoms with Gasteiger partial charge < -0.3 is 5.32 Å². The lowest BCUT2D eigenvalue weighted by Gasteiger charge is -2.24. The number of hydrogen-bond donors (Lipinski definition) is 1. The summed E-state index contributed by atoms with van der Waals surface area (Å²) in [6.45, 7) is 1.78. The third-order valence-electron chi connectivity index (χ3n) is 2.55. The summed E-state index contributed by atoms with van der Waals surface area (Å²) < 4.78 is 37.6. The summed E-state index contributed by atoms with van der Waals surface area (Å²) in [6, 6.07) is 7.70. The summed E-state index contributed by atoms with van der Waals surface area (Å²) in [4.78, 5) is 0. The molecule has 1 aromatic rings. The van der Waals surface area contributed by atoms with Crippen LogP contribution in [0.4, 0.5) is 13.2 Å². The molecule has 0 amide bonds. The lowest BCUT2D eigenvalue weighted by molar-refractivity contribution is -0.140. The van der Waals surface area contributed by atoms with Gasteiger partial charge in [0.2, 0.25) is 0 Å². The molecule has 0 fully saturated rings. The van der Waals surface area contributed by atoms with Crippen molar-refractivity contribution in [1.29, 1.82) is 0 Å². The maximum absolute atomic E-state index is 12.5. The van der Waals surface area contributed by atoms with E-state index in [9.17, 15) is 13.2 Å². The highest BCUT2D eigenvalue weighted by molar-refractivity contribution is 5.19. The molecule has 18 heavy (non-hydrogen) atoms. The second kappa shape index (κ2) is 6.46. The van der Waals surface area contributed by atoms with E-state index in [2.05, 4.69) is 11.2 Å². The van der Waals surface area contributed by atoms with E-state index in [0.29, 0.717) is 12.0 Å². The molecule has 4 heteroatoms. The molecule has 0 bridgehead atoms. The summed E-state index contributed by atoms with van der Waals surface area (Å²) in [6.07, 6.45) is 0.461. The fraction of sp³-hybridized carbons (Fsp3) is 0.429. The predicted molar refractivity (Wildman–Crippen MR) is 65.9 cm³/mol. The summed E-state index contributed by atoms with van der Waals surface area (Å²) in [5, 5.41) is 2.93. The summed E-state index contributed by atoms with van der Waals surface area (Å²) in [5.41, 5.74) is 0.624. The fourth-order valence-corrected chi connectivity index (χ4v) is 1.77. The molecule has 2 unspecified atom stereocenters. The average Bonchev–Trinajstić information content (AvgIpc) is 2.28. The first-order chi connectivity index (χ1) is 8.42. The zero-order chi connectivity index (χ0) is 13.6. The van der Waals surface area contributed by atoms with E-state index in [0.717, 1.165) is 0 Å². The Bertz CT molecular complexity index is 392. The Morgan fingerprint density at radius 2 is 1.89 bits per heavy atom. The van der Waals surface area contributed by atoms with E-state index in [1.165, 1.54) is 0 Å². The van der Waals surface area contributed by atoms with Crippen molar-refractivity contribution in [3.8, 4) is 12.3 Å². The van der Waals surface area contributed by atoms with Gasteiger partial charge >= 0.3 is 6.18 Å². The van der Waals surface area contributed by atoms with Gasteiger partial charge in [0.1, 0.15) is 0 Å². The van der Waals surface area contributed by atoms with E-state index in [4.69, 9.17) is 6.42 Å². The van der Waals surface area contributed by atoms with Crippen LogP contribution in [0.3, 0.4) is 0 Å². The van der Waals surface area contributed by atoms with Crippen LogP contribution < -0.4 is 5.32 Å². The van der Waals surface area contributed by atoms with Crippen LogP contribution in [0.1, 0.15) is 31.4 Å². The second-order valence-corrected chi connectivity index (χ2v) is 4.26. The van der Waals surface area contributed by atoms with Crippen molar-refractivity contribution in [2.75, 3.05) is 0 Å². The Hall–Kier alpha value is -1.47. The van der Waals surface area contributed by atoms with Crippen LogP contribution in [-0.4, -0.2) is 12.2 Å². The second-order valence-electron chi connectivity index (χ2n) is 4.26. The van der Waals surface area contributed by atoms with Crippen LogP contribution in [0.5, 0.6) is 0 Å². The minimum absolute atomic E-state index is 0.150. The molecular formula is C14H16F3N. The van der Waals surface area contributed by atoms with E-state index >= 15 is 0 Å². The van der Waals surface area contributed by atoms with E-state index in [1.54, 1.807) is 37.3 Å². The molecule has 1 aromatic carbocycles. The van der Waals surface area contributed by atoms with Crippen molar-refractivity contribution in [3.63, 3.8) is 0 Å². The zero-order valence-electron chi connectivity index (χ0n) is 10.2. The van der Waals surface area contributed by atoms with Gasteiger partial charge in [-0.15, -0.1) is 12.3 Å². The van der Waals surface area contributed by atoms with E-state index < -0.39 is 18.6 Å². The van der Waals surface area contributed by atoms with Crippen molar-refractivity contribution in [3.05, 3.63) is 35.9 Å². The molecule has 0 aliphatic rings. The Labute approximate surface area is 105 Å². The van der Waals surface area contributed by atoms with Crippen molar-refractivity contribution in [2.45, 2.75) is 38.0 Å². The van der Waals surface area contributed by atoms with Gasteiger partial charge in [0.15, 0.2) is 0 Å². The lowest BCUT2D eigenvalue weighted by atomic mass is 10.0. The Morgan fingerprint density at radius 1 is 1.28 bits per heavy atom. The molecule has 0 aliphatic carbocycles. The number of benzene rings is 1. The molecule has 1 N–H and O–H groups in total. The Balaban J connectivity index is 2.80. The van der Waals surface area contributed by atoms with Crippen LogP contribution in [-0.2, 0) is 0 Å². The van der Waals surface area contributed by atoms with Gasteiger partial charge in [0, 0.05) is 18.5 Å². The summed E-state index contributed by atoms with van der Waals surface area (Å²) >= 11 is 0. The van der Waals surface area contributed by atoms with Crippen LogP contribution >= 0.6 is 0 Å². The first-order valence-corrected chi connectivity index (χ1v) is 5.73. The number of halogens is 3. The SMILES string of the molecule is C#CCC(C)NC(CC(F)(F)F)c1ccccc1. The van der Waals surface area contributed by atoms with Gasteiger partial charge in [0.25, 0.3) is 0 Å². The topological polar surface area (TPSA) is 12.0 Å². The van der Waals surface area contributed by atoms with Crippen molar-refractivity contribution in [1.82, 2.24) is 5.32 Å². The first kappa shape index (κ1) is 14.6. The molecule has 0 aliphatic heterocycles. The lowest BCUT2D eigenvalue weighted by Crippen LogP contribution is -2.33. The minimum Gasteiger partial charge on any atom is -0.306 e. The quantitative estimate of drug-likeness (QED) is 0.791. The molecule has 1 nitrogen and oxygen atoms in total. The number of terminal acetylenes is 1. The smallest absolute Gasteiger partial charge is 0.306 e. The number of rotatable bonds is 5. The fourth-order valence-electron chi connectivity index (χ4n) is 1.77. The molecule has 0 aromatic heterocycles. The van der Waals surface area contributed by atoms with Crippen LogP contribution in [0, 0.1) is 12.3 Å². The molecular weight excluding hydrogens is 239 g/mol. The van der Waals surface area contributed by atoms with Crippen LogP contribution in [0.25, 0.3) is 0 Å². The van der Waals surface area contributed by atoms with Gasteiger partial charge in [-0.2, -0.15) is 13.2 Å². The van der Waals surface area contributed by atoms with Crippen LogP contribution in [0.2, 0.25) is 0 Å². The van der Waals surface area contributed by atoms with Gasteiger partial charge in [-0.05, 0) is 12.5 Å². The maximum Gasteiger partial charge on any atom is 0.390 e. The van der Waals surface area contributed by atoms with Crippen LogP contribution in [0.15, 0.2) is 30.3 Å². The highest BCUT2D eigenvalue weighted by Gasteiger charge is 2.32. The molecule has 0 saturated carbocycles. The Kier molecular flexibility index (Phi) is 5.24. The van der Waals surface area contributed by atoms with Crippen molar-refractivity contribution >= 4 is 0 Å². The molecule has 0 spiro atoms. The van der Waals surface area contributed by atoms with Crippen molar-refractivity contribution in [2.24, 2.45) is 0 Å². The Morgan fingerprint density at radius 3 is 2.39 bits per heavy atom. The van der Waals surface area contributed by atoms with E-state index in [1.807, 2.05) is 0 Å². The van der Waals surface area contributed by atoms with Gasteiger partial charge in [-0.1, -0.05) is 30.3 Å². The number of nitrogens with one attached hydrogen (secondary N) is 1. The zero-order valence-corrected chi connectivity index (χ0v) is 10.2. The third kappa shape index (κ3) is 5.24. The normalized spacial score (nSPS) is 14.8. The molecule has 0 radical (unpaired) electrons. The minimum atomic E-state index is -4.20. The standard InChI is InChI=1S/C14H16F3N/c1-3-7-11(2)18-13(10-14(15,16)17)12-8-5-4-6-9-12/h1,4-6,8-9,11,13,18H,7,10H2,2H3. The van der Waals surface area contributed by atoms with E-state index in [-0.39, 0.29) is 6.04 Å². The highest BCUT2D eigenvalue weighted by atomic mass is 19.4. The predicted octanol–water partition coefficient (Wildman–Crippen LogP) is 3.68. The summed E-state index contributed by atoms with van der Waals surface area (Å²) in [7, 11) is 0. The first-order valence-electron chi connectivity index (χ1n) is 5.73. The number of alkyl halides is 3. The summed E-state index contributed by atoms with van der Waals surface area (Å²) in [5.74, 6) is 2.44. The van der Waals surface area contributed by atoms with Gasteiger partial charge in [-0.25, -0.2) is 0 Å². The molecule has 0 saturated heterocycles. The molecule has 2 atom stereocenters. The average molecular weight is 255 g/mol. The van der Waals surface area contributed by atoms with Gasteiger partial charge in [0.05, 0.1) is 6.42 Å². The highest BCUT2D eigenvalue weighted by Crippen LogP contribution is 2.29. The monoisotopic (exact) mass is 255 g/mol. The third-order valence-corrected chi connectivity index (χ3v) is 2.55. The molecule has 1 rings (SSSR count). The number of hydrogen-bond acceptors (Lipinski definition) is 1. The van der Waals surface area contributed by atoms with Crippen molar-refractivity contribution < 1.29 is 13.2 Å². The largest absolute Gasteiger partial charge is 0.390 e.